The van der Waals surface area contributed by atoms with Gasteiger partial charge in [0.2, 0.25) is 6.41 Å². The van der Waals surface area contributed by atoms with Crippen molar-refractivity contribution in [3.8, 4) is 11.3 Å². The minimum Gasteiger partial charge on any atom is -0.355 e. The quantitative estimate of drug-likeness (QED) is 0.680. The van der Waals surface area contributed by atoms with Crippen molar-refractivity contribution in [2.75, 3.05) is 0 Å². The van der Waals surface area contributed by atoms with Crippen LogP contribution in [0.4, 0.5) is 26.3 Å². The Labute approximate surface area is 131 Å². The Kier molecular flexibility index (Phi) is 4.76. The Morgan fingerprint density at radius 1 is 1.00 bits per heavy atom. The summed E-state index contributed by atoms with van der Waals surface area (Å²) in [6, 6.07) is 2.81. The Morgan fingerprint density at radius 3 is 2.21 bits per heavy atom. The van der Waals surface area contributed by atoms with Crippen LogP contribution < -0.4 is 5.32 Å². The normalized spacial score (nSPS) is 12.1. The summed E-state index contributed by atoms with van der Waals surface area (Å²) in [5.41, 5.74) is -2.31. The highest BCUT2D eigenvalue weighted by atomic mass is 19.4. The van der Waals surface area contributed by atoms with E-state index in [9.17, 15) is 31.1 Å². The number of alkyl halides is 6. The summed E-state index contributed by atoms with van der Waals surface area (Å²) in [5, 5.41) is 2.11. The van der Waals surface area contributed by atoms with Gasteiger partial charge in [-0.05, 0) is 23.8 Å². The number of halogens is 6. The van der Waals surface area contributed by atoms with E-state index < -0.39 is 30.2 Å². The van der Waals surface area contributed by atoms with Crippen LogP contribution in [0.3, 0.4) is 0 Å². The first-order valence-corrected chi connectivity index (χ1v) is 6.39. The van der Waals surface area contributed by atoms with Crippen molar-refractivity contribution in [1.82, 2.24) is 15.3 Å². The van der Waals surface area contributed by atoms with E-state index in [1.54, 1.807) is 0 Å². The highest BCUT2D eigenvalue weighted by molar-refractivity contribution is 5.60. The molecule has 2 heterocycles. The standard InChI is InChI=1S/C14H9F6N3O/c15-13(16,17)10-6-22-11(3-9(10)4-21-7-24)8-1-2-12(23-5-8)14(18,19)20/h1-3,5-7H,4H2,(H,21,24). The van der Waals surface area contributed by atoms with Crippen LogP contribution in [0.1, 0.15) is 16.8 Å². The smallest absolute Gasteiger partial charge is 0.355 e. The number of hydrogen-bond donors (Lipinski definition) is 1. The molecular weight excluding hydrogens is 340 g/mol. The van der Waals surface area contributed by atoms with Crippen molar-refractivity contribution in [2.45, 2.75) is 18.9 Å². The Morgan fingerprint density at radius 2 is 1.71 bits per heavy atom. The molecule has 1 N–H and O–H groups in total. The Hall–Kier alpha value is -2.65. The molecule has 24 heavy (non-hydrogen) atoms. The van der Waals surface area contributed by atoms with Crippen molar-refractivity contribution >= 4 is 6.41 Å². The summed E-state index contributed by atoms with van der Waals surface area (Å²) in [4.78, 5) is 17.1. The van der Waals surface area contributed by atoms with Gasteiger partial charge in [0.15, 0.2) is 0 Å². The Bertz CT molecular complexity index is 725. The highest BCUT2D eigenvalue weighted by Gasteiger charge is 2.34. The molecule has 4 nitrogen and oxygen atoms in total. The molecule has 0 bridgehead atoms. The van der Waals surface area contributed by atoms with E-state index in [1.807, 2.05) is 0 Å². The lowest BCUT2D eigenvalue weighted by Gasteiger charge is -2.13. The number of pyridine rings is 2. The van der Waals surface area contributed by atoms with Gasteiger partial charge in [-0.3, -0.25) is 14.8 Å². The monoisotopic (exact) mass is 349 g/mol. The Balaban J connectivity index is 2.42. The molecular formula is C14H9F6N3O. The maximum absolute atomic E-state index is 12.9. The number of hydrogen-bond acceptors (Lipinski definition) is 3. The highest BCUT2D eigenvalue weighted by Crippen LogP contribution is 2.33. The van der Waals surface area contributed by atoms with E-state index >= 15 is 0 Å². The molecule has 0 aliphatic heterocycles. The molecule has 0 spiro atoms. The lowest BCUT2D eigenvalue weighted by molar-refractivity contribution is -0.141. The van der Waals surface area contributed by atoms with Gasteiger partial charge in [0, 0.05) is 24.5 Å². The fraction of sp³-hybridized carbons (Fsp3) is 0.214. The van der Waals surface area contributed by atoms with Crippen LogP contribution in [0, 0.1) is 0 Å². The molecule has 0 saturated heterocycles. The van der Waals surface area contributed by atoms with Crippen LogP contribution in [-0.4, -0.2) is 16.4 Å². The topological polar surface area (TPSA) is 54.9 Å². The van der Waals surface area contributed by atoms with Crippen molar-refractivity contribution in [1.29, 1.82) is 0 Å². The fourth-order valence-corrected chi connectivity index (χ4v) is 1.92. The zero-order chi connectivity index (χ0) is 18.0. The van der Waals surface area contributed by atoms with Gasteiger partial charge in [0.1, 0.15) is 5.69 Å². The molecule has 10 heteroatoms. The summed E-state index contributed by atoms with van der Waals surface area (Å²) < 4.78 is 76.1. The van der Waals surface area contributed by atoms with Gasteiger partial charge >= 0.3 is 12.4 Å². The van der Waals surface area contributed by atoms with E-state index in [-0.39, 0.29) is 23.2 Å². The van der Waals surface area contributed by atoms with E-state index in [1.165, 1.54) is 0 Å². The zero-order valence-electron chi connectivity index (χ0n) is 11.7. The van der Waals surface area contributed by atoms with Gasteiger partial charge in [-0.15, -0.1) is 0 Å². The lowest BCUT2D eigenvalue weighted by atomic mass is 10.1. The number of amides is 1. The second kappa shape index (κ2) is 6.46. The van der Waals surface area contributed by atoms with Crippen molar-refractivity contribution in [3.05, 3.63) is 47.4 Å². The maximum Gasteiger partial charge on any atom is 0.433 e. The summed E-state index contributed by atoms with van der Waals surface area (Å²) in [5.74, 6) is 0. The predicted octanol–water partition coefficient (Wildman–Crippen LogP) is 3.43. The first-order chi connectivity index (χ1) is 11.1. The van der Waals surface area contributed by atoms with Crippen molar-refractivity contribution in [3.63, 3.8) is 0 Å². The number of carbonyl (C=O) groups is 1. The second-order valence-corrected chi connectivity index (χ2v) is 4.65. The van der Waals surface area contributed by atoms with Crippen molar-refractivity contribution < 1.29 is 31.1 Å². The lowest BCUT2D eigenvalue weighted by Crippen LogP contribution is -2.16. The maximum atomic E-state index is 12.9. The van der Waals surface area contributed by atoms with Crippen LogP contribution in [0.25, 0.3) is 11.3 Å². The first-order valence-electron chi connectivity index (χ1n) is 6.39. The number of nitrogens with one attached hydrogen (secondary N) is 1. The average molecular weight is 349 g/mol. The van der Waals surface area contributed by atoms with Crippen LogP contribution >= 0.6 is 0 Å². The molecule has 2 aromatic heterocycles. The molecule has 2 aromatic rings. The molecule has 1 amide bonds. The van der Waals surface area contributed by atoms with Gasteiger partial charge in [0.25, 0.3) is 0 Å². The van der Waals surface area contributed by atoms with Gasteiger partial charge in [0.05, 0.1) is 11.3 Å². The van der Waals surface area contributed by atoms with Crippen molar-refractivity contribution in [2.24, 2.45) is 0 Å². The molecule has 0 aliphatic rings. The van der Waals surface area contributed by atoms with Gasteiger partial charge in [-0.25, -0.2) is 0 Å². The molecule has 0 aliphatic carbocycles. The largest absolute Gasteiger partial charge is 0.433 e. The summed E-state index contributed by atoms with van der Waals surface area (Å²) in [7, 11) is 0. The molecule has 0 aromatic carbocycles. The van der Waals surface area contributed by atoms with Crippen LogP contribution in [0.15, 0.2) is 30.6 Å². The molecule has 0 radical (unpaired) electrons. The van der Waals surface area contributed by atoms with Gasteiger partial charge in [-0.1, -0.05) is 0 Å². The SMILES string of the molecule is O=CNCc1cc(-c2ccc(C(F)(F)F)nc2)ncc1C(F)(F)F. The third-order valence-electron chi connectivity index (χ3n) is 3.02. The molecule has 2 rings (SSSR count). The average Bonchev–Trinajstić information content (AvgIpc) is 2.51. The minimum atomic E-state index is -4.68. The molecule has 0 saturated carbocycles. The van der Waals surface area contributed by atoms with E-state index in [0.717, 1.165) is 18.3 Å². The zero-order valence-corrected chi connectivity index (χ0v) is 11.7. The molecule has 0 atom stereocenters. The van der Waals surface area contributed by atoms with E-state index in [2.05, 4.69) is 15.3 Å². The number of rotatable bonds is 4. The van der Waals surface area contributed by atoms with Gasteiger partial charge < -0.3 is 5.32 Å². The number of carbonyl (C=O) groups excluding carboxylic acids is 1. The first kappa shape index (κ1) is 17.7. The third kappa shape index (κ3) is 4.00. The second-order valence-electron chi connectivity index (χ2n) is 4.65. The number of aromatic nitrogens is 2. The summed E-state index contributed by atoms with van der Waals surface area (Å²) >= 11 is 0. The van der Waals surface area contributed by atoms with Gasteiger partial charge in [-0.2, -0.15) is 26.3 Å². The third-order valence-corrected chi connectivity index (χ3v) is 3.02. The predicted molar refractivity (Wildman–Crippen MR) is 70.4 cm³/mol. The minimum absolute atomic E-state index is 0.00641. The van der Waals surface area contributed by atoms with E-state index in [0.29, 0.717) is 12.3 Å². The molecule has 0 unspecified atom stereocenters. The fourth-order valence-electron chi connectivity index (χ4n) is 1.92. The van der Waals surface area contributed by atoms with E-state index in [4.69, 9.17) is 0 Å². The number of nitrogens with zero attached hydrogens (tertiary/aromatic N) is 2. The van der Waals surface area contributed by atoms with Crippen LogP contribution in [0.2, 0.25) is 0 Å². The van der Waals surface area contributed by atoms with Crippen LogP contribution in [-0.2, 0) is 23.7 Å². The summed E-state index contributed by atoms with van der Waals surface area (Å²) in [6.45, 7) is -0.401. The molecule has 128 valence electrons. The molecule has 0 fully saturated rings. The summed E-state index contributed by atoms with van der Waals surface area (Å²) in [6.07, 6.45) is -7.63. The van der Waals surface area contributed by atoms with Crippen LogP contribution in [0.5, 0.6) is 0 Å².